The quantitative estimate of drug-likeness (QED) is 0.909. The summed E-state index contributed by atoms with van der Waals surface area (Å²) in [4.78, 5) is 25.0. The Morgan fingerprint density at radius 3 is 2.48 bits per heavy atom. The molecule has 112 valence electrons. The molecule has 2 rings (SSSR count). The molecule has 2 amide bonds. The molecule has 1 aromatic rings. The Bertz CT molecular complexity index is 572. The lowest BCUT2D eigenvalue weighted by Gasteiger charge is -2.27. The number of rotatable bonds is 2. The lowest BCUT2D eigenvalue weighted by Crippen LogP contribution is -2.44. The Labute approximate surface area is 123 Å². The minimum Gasteiger partial charge on any atom is -0.510 e. The van der Waals surface area contributed by atoms with Crippen molar-refractivity contribution in [3.63, 3.8) is 0 Å². The second-order valence-electron chi connectivity index (χ2n) is 5.96. The van der Waals surface area contributed by atoms with Crippen molar-refractivity contribution in [2.45, 2.75) is 38.8 Å². The minimum atomic E-state index is -0.742. The van der Waals surface area contributed by atoms with E-state index in [1.807, 2.05) is 30.3 Å². The van der Waals surface area contributed by atoms with Gasteiger partial charge in [-0.25, -0.2) is 9.69 Å². The monoisotopic (exact) mass is 289 g/mol. The van der Waals surface area contributed by atoms with Crippen molar-refractivity contribution in [1.82, 2.24) is 4.90 Å². The van der Waals surface area contributed by atoms with E-state index in [4.69, 9.17) is 4.74 Å². The van der Waals surface area contributed by atoms with Crippen LogP contribution in [0.2, 0.25) is 0 Å². The number of imide groups is 1. The summed E-state index contributed by atoms with van der Waals surface area (Å²) < 4.78 is 5.23. The third kappa shape index (κ3) is 3.62. The molecule has 0 aromatic heterocycles. The van der Waals surface area contributed by atoms with E-state index < -0.39 is 23.6 Å². The molecule has 1 aliphatic heterocycles. The van der Waals surface area contributed by atoms with Crippen LogP contribution in [0.3, 0.4) is 0 Å². The fourth-order valence-electron chi connectivity index (χ4n) is 2.14. The van der Waals surface area contributed by atoms with Crippen LogP contribution in [0.1, 0.15) is 26.3 Å². The highest BCUT2D eigenvalue weighted by molar-refractivity contribution is 6.02. The summed E-state index contributed by atoms with van der Waals surface area (Å²) in [6.07, 6.45) is 0.680. The normalized spacial score (nSPS) is 18.6. The molecule has 0 spiro atoms. The van der Waals surface area contributed by atoms with Crippen molar-refractivity contribution in [1.29, 1.82) is 0 Å². The van der Waals surface area contributed by atoms with E-state index in [0.29, 0.717) is 6.42 Å². The maximum atomic E-state index is 12.2. The van der Waals surface area contributed by atoms with Gasteiger partial charge in [0.25, 0.3) is 5.91 Å². The number of ether oxygens (including phenoxy) is 1. The number of amides is 2. The number of carbonyl (C=O) groups excluding carboxylic acids is 2. The molecule has 0 fully saturated rings. The van der Waals surface area contributed by atoms with E-state index >= 15 is 0 Å². The van der Waals surface area contributed by atoms with Crippen molar-refractivity contribution < 1.29 is 19.4 Å². The molecular formula is C16H19NO4. The summed E-state index contributed by atoms with van der Waals surface area (Å²) in [5, 5.41) is 9.93. The third-order valence-electron chi connectivity index (χ3n) is 3.02. The summed E-state index contributed by atoms with van der Waals surface area (Å²) >= 11 is 0. The van der Waals surface area contributed by atoms with Crippen LogP contribution in [0, 0.1) is 0 Å². The summed E-state index contributed by atoms with van der Waals surface area (Å²) in [6.45, 7) is 5.18. The zero-order chi connectivity index (χ0) is 15.6. The molecule has 1 heterocycles. The van der Waals surface area contributed by atoms with Crippen molar-refractivity contribution in [3.05, 3.63) is 47.7 Å². The van der Waals surface area contributed by atoms with E-state index in [2.05, 4.69) is 0 Å². The number of hydrogen-bond donors (Lipinski definition) is 1. The molecule has 0 unspecified atom stereocenters. The van der Waals surface area contributed by atoms with Gasteiger partial charge in [-0.3, -0.25) is 4.79 Å². The Hall–Kier alpha value is -2.30. The van der Waals surface area contributed by atoms with Gasteiger partial charge >= 0.3 is 6.09 Å². The second kappa shape index (κ2) is 5.60. The molecular weight excluding hydrogens is 270 g/mol. The number of nitrogens with zero attached hydrogens (tertiary/aromatic N) is 1. The van der Waals surface area contributed by atoms with E-state index in [1.165, 1.54) is 0 Å². The fraction of sp³-hybridized carbons (Fsp3) is 0.375. The first-order valence-corrected chi connectivity index (χ1v) is 6.78. The Morgan fingerprint density at radius 1 is 1.29 bits per heavy atom. The summed E-state index contributed by atoms with van der Waals surface area (Å²) in [6, 6.07) is 8.65. The van der Waals surface area contributed by atoms with Crippen molar-refractivity contribution in [2.75, 3.05) is 0 Å². The summed E-state index contributed by atoms with van der Waals surface area (Å²) in [5.74, 6) is -0.669. The summed E-state index contributed by atoms with van der Waals surface area (Å²) in [7, 11) is 0. The molecule has 5 heteroatoms. The van der Waals surface area contributed by atoms with Crippen molar-refractivity contribution in [3.8, 4) is 0 Å². The van der Waals surface area contributed by atoms with E-state index in [9.17, 15) is 14.7 Å². The van der Waals surface area contributed by atoms with Gasteiger partial charge in [0.15, 0.2) is 0 Å². The molecule has 5 nitrogen and oxygen atoms in total. The van der Waals surface area contributed by atoms with Gasteiger partial charge in [-0.1, -0.05) is 30.3 Å². The van der Waals surface area contributed by atoms with E-state index in [1.54, 1.807) is 20.8 Å². The Morgan fingerprint density at radius 2 is 1.90 bits per heavy atom. The predicted molar refractivity (Wildman–Crippen MR) is 77.7 cm³/mol. The lowest BCUT2D eigenvalue weighted by atomic mass is 10.1. The van der Waals surface area contributed by atoms with Crippen molar-refractivity contribution in [2.24, 2.45) is 0 Å². The van der Waals surface area contributed by atoms with Crippen LogP contribution >= 0.6 is 0 Å². The number of aliphatic hydroxyl groups is 1. The maximum Gasteiger partial charge on any atom is 0.418 e. The molecule has 0 saturated heterocycles. The number of aliphatic hydroxyl groups excluding tert-OH is 1. The van der Waals surface area contributed by atoms with Crippen LogP contribution in [0.15, 0.2) is 42.2 Å². The molecule has 1 N–H and O–H groups in total. The highest BCUT2D eigenvalue weighted by Gasteiger charge is 2.39. The highest BCUT2D eigenvalue weighted by atomic mass is 16.6. The Kier molecular flexibility index (Phi) is 4.02. The molecule has 0 bridgehead atoms. The first-order valence-electron chi connectivity index (χ1n) is 6.78. The van der Waals surface area contributed by atoms with E-state index in [0.717, 1.165) is 16.5 Å². The van der Waals surface area contributed by atoms with Crippen LogP contribution < -0.4 is 0 Å². The predicted octanol–water partition coefficient (Wildman–Crippen LogP) is 2.82. The van der Waals surface area contributed by atoms with Crippen LogP contribution in [0.4, 0.5) is 4.79 Å². The average Bonchev–Trinajstić information content (AvgIpc) is 2.63. The van der Waals surface area contributed by atoms with Gasteiger partial charge in [-0.15, -0.1) is 0 Å². The summed E-state index contributed by atoms with van der Waals surface area (Å²) in [5.41, 5.74) is 0.220. The SMILES string of the molecule is CC(C)(C)OC(=O)N1C(=O)C=C(O)[C@H]1Cc1ccccc1. The van der Waals surface area contributed by atoms with Gasteiger partial charge in [0.05, 0.1) is 0 Å². The minimum absolute atomic E-state index is 0.116. The van der Waals surface area contributed by atoms with Gasteiger partial charge in [0.2, 0.25) is 0 Å². The molecule has 21 heavy (non-hydrogen) atoms. The molecule has 1 atom stereocenters. The van der Waals surface area contributed by atoms with Gasteiger partial charge in [-0.2, -0.15) is 0 Å². The molecule has 0 radical (unpaired) electrons. The zero-order valence-electron chi connectivity index (χ0n) is 12.4. The van der Waals surface area contributed by atoms with Crippen LogP contribution in [0.25, 0.3) is 0 Å². The largest absolute Gasteiger partial charge is 0.510 e. The molecule has 1 aliphatic rings. The first-order chi connectivity index (χ1) is 9.78. The second-order valence-corrected chi connectivity index (χ2v) is 5.96. The number of carbonyl (C=O) groups is 2. The maximum absolute atomic E-state index is 12.2. The standard InChI is InChI=1S/C16H19NO4/c1-16(2,3)21-15(20)17-12(13(18)10-14(17)19)9-11-7-5-4-6-8-11/h4-8,10,12,18H,9H2,1-3H3/t12-/m1/s1. The highest BCUT2D eigenvalue weighted by Crippen LogP contribution is 2.24. The smallest absolute Gasteiger partial charge is 0.418 e. The van der Waals surface area contributed by atoms with Gasteiger partial charge in [0, 0.05) is 12.5 Å². The first kappa shape index (κ1) is 15.1. The topological polar surface area (TPSA) is 66.8 Å². The van der Waals surface area contributed by atoms with Crippen molar-refractivity contribution >= 4 is 12.0 Å². The van der Waals surface area contributed by atoms with Crippen LogP contribution in [-0.4, -0.2) is 33.6 Å². The third-order valence-corrected chi connectivity index (χ3v) is 3.02. The van der Waals surface area contributed by atoms with Crippen LogP contribution in [-0.2, 0) is 16.0 Å². The fourth-order valence-corrected chi connectivity index (χ4v) is 2.14. The van der Waals surface area contributed by atoms with Crippen LogP contribution in [0.5, 0.6) is 0 Å². The Balaban J connectivity index is 2.19. The van der Waals surface area contributed by atoms with E-state index in [-0.39, 0.29) is 5.76 Å². The van der Waals surface area contributed by atoms with Gasteiger partial charge in [-0.05, 0) is 26.3 Å². The molecule has 1 aromatic carbocycles. The molecule has 0 aliphatic carbocycles. The molecule has 0 saturated carbocycles. The zero-order valence-corrected chi connectivity index (χ0v) is 12.4. The number of hydrogen-bond acceptors (Lipinski definition) is 4. The van der Waals surface area contributed by atoms with Gasteiger partial charge < -0.3 is 9.84 Å². The average molecular weight is 289 g/mol. The number of benzene rings is 1. The lowest BCUT2D eigenvalue weighted by molar-refractivity contribution is -0.125. The van der Waals surface area contributed by atoms with Gasteiger partial charge in [0.1, 0.15) is 17.4 Å².